The van der Waals surface area contributed by atoms with E-state index in [0.29, 0.717) is 6.42 Å². The van der Waals surface area contributed by atoms with Crippen LogP contribution in [0.1, 0.15) is 35.8 Å². The highest BCUT2D eigenvalue weighted by atomic mass is 32.1. The standard InChI is InChI=1S/C17H21N3O2S/c21-16(11-15-17-13(4-9-22-15)5-10-23-17)20-8-1-3-14(20)12-19-7-2-6-18-19/h2,5-7,10,14-15H,1,3-4,8-9,11-12H2/t14-,15+/m1/s1. The lowest BCUT2D eigenvalue weighted by molar-refractivity contribution is -0.135. The van der Waals surface area contributed by atoms with Crippen LogP contribution < -0.4 is 0 Å². The van der Waals surface area contributed by atoms with Crippen molar-refractivity contribution in [2.75, 3.05) is 13.2 Å². The van der Waals surface area contributed by atoms with E-state index in [0.717, 1.165) is 39.0 Å². The van der Waals surface area contributed by atoms with Gasteiger partial charge in [0.2, 0.25) is 5.91 Å². The molecule has 2 aliphatic rings. The Balaban J connectivity index is 1.43. The number of nitrogens with zero attached hydrogens (tertiary/aromatic N) is 3. The summed E-state index contributed by atoms with van der Waals surface area (Å²) < 4.78 is 7.80. The average molecular weight is 331 g/mol. The summed E-state index contributed by atoms with van der Waals surface area (Å²) in [5, 5.41) is 6.37. The minimum Gasteiger partial charge on any atom is -0.372 e. The molecule has 1 saturated heterocycles. The van der Waals surface area contributed by atoms with Crippen LogP contribution in [0.4, 0.5) is 0 Å². The zero-order valence-corrected chi connectivity index (χ0v) is 13.9. The predicted octanol–water partition coefficient (Wildman–Crippen LogP) is 2.64. The summed E-state index contributed by atoms with van der Waals surface area (Å²) in [6.45, 7) is 2.36. The van der Waals surface area contributed by atoms with Crippen molar-refractivity contribution in [2.45, 2.75) is 44.4 Å². The van der Waals surface area contributed by atoms with Gasteiger partial charge in [0.15, 0.2) is 0 Å². The quantitative estimate of drug-likeness (QED) is 0.865. The number of ether oxygens (including phenoxy) is 1. The third-order valence-electron chi connectivity index (χ3n) is 4.78. The monoisotopic (exact) mass is 331 g/mol. The first kappa shape index (κ1) is 14.9. The van der Waals surface area contributed by atoms with Gasteiger partial charge in [-0.25, -0.2) is 0 Å². The second-order valence-corrected chi connectivity index (χ2v) is 7.18. The zero-order chi connectivity index (χ0) is 15.6. The summed E-state index contributed by atoms with van der Waals surface area (Å²) in [7, 11) is 0. The number of amides is 1. The minimum absolute atomic E-state index is 0.0581. The van der Waals surface area contributed by atoms with Gasteiger partial charge in [-0.15, -0.1) is 11.3 Å². The Morgan fingerprint density at radius 3 is 3.30 bits per heavy atom. The summed E-state index contributed by atoms with van der Waals surface area (Å²) in [6.07, 6.45) is 7.25. The number of thiophene rings is 1. The lowest BCUT2D eigenvalue weighted by Gasteiger charge is -2.28. The largest absolute Gasteiger partial charge is 0.372 e. The fraction of sp³-hybridized carbons (Fsp3) is 0.529. The highest BCUT2D eigenvalue weighted by molar-refractivity contribution is 7.10. The molecule has 0 unspecified atom stereocenters. The third-order valence-corrected chi connectivity index (χ3v) is 5.83. The van der Waals surface area contributed by atoms with Crippen LogP contribution in [0.5, 0.6) is 0 Å². The molecule has 1 amide bonds. The number of fused-ring (bicyclic) bond motifs is 1. The fourth-order valence-electron chi connectivity index (χ4n) is 3.63. The van der Waals surface area contributed by atoms with E-state index in [1.54, 1.807) is 17.5 Å². The SMILES string of the molecule is O=C(C[C@@H]1OCCc2ccsc21)N1CCC[C@@H]1Cn1cccn1. The van der Waals surface area contributed by atoms with E-state index in [2.05, 4.69) is 16.5 Å². The first-order valence-corrected chi connectivity index (χ1v) is 9.14. The maximum atomic E-state index is 12.8. The van der Waals surface area contributed by atoms with Crippen LogP contribution in [0.3, 0.4) is 0 Å². The van der Waals surface area contributed by atoms with E-state index in [1.807, 2.05) is 21.8 Å². The Labute approximate surface area is 139 Å². The Kier molecular flexibility index (Phi) is 4.18. The Hall–Kier alpha value is -1.66. The van der Waals surface area contributed by atoms with Crippen molar-refractivity contribution in [3.05, 3.63) is 40.3 Å². The molecular formula is C17H21N3O2S. The fourth-order valence-corrected chi connectivity index (χ4v) is 4.63. The number of carbonyl (C=O) groups is 1. The highest BCUT2D eigenvalue weighted by Crippen LogP contribution is 2.35. The summed E-state index contributed by atoms with van der Waals surface area (Å²) in [6, 6.07) is 4.35. The molecule has 0 N–H and O–H groups in total. The molecule has 2 aromatic heterocycles. The first-order chi connectivity index (χ1) is 11.3. The van der Waals surface area contributed by atoms with Crippen LogP contribution in [-0.2, 0) is 22.5 Å². The highest BCUT2D eigenvalue weighted by Gasteiger charge is 2.32. The predicted molar refractivity (Wildman–Crippen MR) is 88.3 cm³/mol. The molecule has 0 bridgehead atoms. The molecule has 23 heavy (non-hydrogen) atoms. The molecule has 2 aromatic rings. The maximum Gasteiger partial charge on any atom is 0.225 e. The van der Waals surface area contributed by atoms with Crippen molar-refractivity contribution >= 4 is 17.2 Å². The first-order valence-electron chi connectivity index (χ1n) is 8.26. The Morgan fingerprint density at radius 1 is 1.48 bits per heavy atom. The Bertz CT molecular complexity index is 667. The Morgan fingerprint density at radius 2 is 2.43 bits per heavy atom. The molecule has 5 nitrogen and oxygen atoms in total. The number of carbonyl (C=O) groups excluding carboxylic acids is 1. The number of rotatable bonds is 4. The molecule has 0 radical (unpaired) electrons. The lowest BCUT2D eigenvalue weighted by atomic mass is 10.0. The summed E-state index contributed by atoms with van der Waals surface area (Å²) in [5.41, 5.74) is 1.36. The van der Waals surface area contributed by atoms with Gasteiger partial charge < -0.3 is 9.64 Å². The van der Waals surface area contributed by atoms with Crippen molar-refractivity contribution in [3.63, 3.8) is 0 Å². The van der Waals surface area contributed by atoms with Gasteiger partial charge in [0.25, 0.3) is 0 Å². The summed E-state index contributed by atoms with van der Waals surface area (Å²) in [5.74, 6) is 0.214. The van der Waals surface area contributed by atoms with Crippen LogP contribution >= 0.6 is 11.3 Å². The molecule has 1 fully saturated rings. The summed E-state index contributed by atoms with van der Waals surface area (Å²) in [4.78, 5) is 16.1. The van der Waals surface area contributed by atoms with Crippen LogP contribution in [0.15, 0.2) is 29.9 Å². The number of aromatic nitrogens is 2. The van der Waals surface area contributed by atoms with E-state index in [-0.39, 0.29) is 18.1 Å². The van der Waals surface area contributed by atoms with Crippen molar-refractivity contribution in [1.29, 1.82) is 0 Å². The molecule has 0 spiro atoms. The lowest BCUT2D eigenvalue weighted by Crippen LogP contribution is -2.39. The van der Waals surface area contributed by atoms with Gasteiger partial charge in [0.1, 0.15) is 6.10 Å². The molecule has 2 atom stereocenters. The second-order valence-electron chi connectivity index (χ2n) is 6.23. The molecule has 2 aliphatic heterocycles. The summed E-state index contributed by atoms with van der Waals surface area (Å²) >= 11 is 1.71. The smallest absolute Gasteiger partial charge is 0.225 e. The van der Waals surface area contributed by atoms with E-state index in [9.17, 15) is 4.79 Å². The van der Waals surface area contributed by atoms with Crippen molar-refractivity contribution < 1.29 is 9.53 Å². The number of hydrogen-bond acceptors (Lipinski definition) is 4. The van der Waals surface area contributed by atoms with Crippen molar-refractivity contribution in [3.8, 4) is 0 Å². The molecule has 0 saturated carbocycles. The van der Waals surface area contributed by atoms with E-state index in [4.69, 9.17) is 4.74 Å². The normalized spacial score (nSPS) is 23.9. The van der Waals surface area contributed by atoms with Crippen LogP contribution in [0.25, 0.3) is 0 Å². The maximum absolute atomic E-state index is 12.8. The van der Waals surface area contributed by atoms with Gasteiger partial charge in [-0.1, -0.05) is 0 Å². The van der Waals surface area contributed by atoms with Crippen LogP contribution in [0, 0.1) is 0 Å². The van der Waals surface area contributed by atoms with Crippen LogP contribution in [0.2, 0.25) is 0 Å². The molecule has 4 heterocycles. The average Bonchev–Trinajstić information content (AvgIpc) is 3.29. The van der Waals surface area contributed by atoms with Crippen molar-refractivity contribution in [1.82, 2.24) is 14.7 Å². The van der Waals surface area contributed by atoms with Gasteiger partial charge >= 0.3 is 0 Å². The van der Waals surface area contributed by atoms with Gasteiger partial charge in [-0.2, -0.15) is 5.10 Å². The van der Waals surface area contributed by atoms with E-state index < -0.39 is 0 Å². The van der Waals surface area contributed by atoms with Crippen LogP contribution in [-0.4, -0.2) is 39.8 Å². The molecule has 4 rings (SSSR count). The van der Waals surface area contributed by atoms with Crippen molar-refractivity contribution in [2.24, 2.45) is 0 Å². The second kappa shape index (κ2) is 6.45. The third kappa shape index (κ3) is 3.05. The zero-order valence-electron chi connectivity index (χ0n) is 13.1. The molecule has 122 valence electrons. The molecule has 0 aliphatic carbocycles. The minimum atomic E-state index is -0.0581. The topological polar surface area (TPSA) is 47.4 Å². The number of likely N-dealkylation sites (tertiary alicyclic amines) is 1. The van der Waals surface area contributed by atoms with E-state index in [1.165, 1.54) is 10.4 Å². The molecule has 6 heteroatoms. The van der Waals surface area contributed by atoms with Gasteiger partial charge in [0, 0.05) is 23.8 Å². The molecule has 0 aromatic carbocycles. The molecular weight excluding hydrogens is 310 g/mol. The van der Waals surface area contributed by atoms with Gasteiger partial charge in [-0.05, 0) is 42.3 Å². The number of hydrogen-bond donors (Lipinski definition) is 0. The van der Waals surface area contributed by atoms with E-state index >= 15 is 0 Å². The van der Waals surface area contributed by atoms with Gasteiger partial charge in [0.05, 0.1) is 25.6 Å². The van der Waals surface area contributed by atoms with Gasteiger partial charge in [-0.3, -0.25) is 9.48 Å².